The lowest BCUT2D eigenvalue weighted by molar-refractivity contribution is -0.138. The number of rotatable bonds is 8. The lowest BCUT2D eigenvalue weighted by Gasteiger charge is -2.29. The van der Waals surface area contributed by atoms with E-state index < -0.39 is 17.7 Å². The number of nitrogens with one attached hydrogen (secondary N) is 1. The number of pyridine rings is 1. The van der Waals surface area contributed by atoms with Crippen LogP contribution in [0.5, 0.6) is 11.5 Å². The Labute approximate surface area is 229 Å². The summed E-state index contributed by atoms with van der Waals surface area (Å²) in [5.74, 6) is 1.33. The van der Waals surface area contributed by atoms with Gasteiger partial charge in [-0.3, -0.25) is 4.79 Å². The molecule has 0 saturated heterocycles. The van der Waals surface area contributed by atoms with Gasteiger partial charge in [0.2, 0.25) is 0 Å². The molecule has 0 fully saturated rings. The van der Waals surface area contributed by atoms with Crippen molar-refractivity contribution in [2.75, 3.05) is 19.1 Å². The van der Waals surface area contributed by atoms with Crippen LogP contribution in [0.2, 0.25) is 0 Å². The molecule has 10 heteroatoms. The zero-order chi connectivity index (χ0) is 28.3. The van der Waals surface area contributed by atoms with Gasteiger partial charge in [0.1, 0.15) is 17.3 Å². The van der Waals surface area contributed by atoms with Crippen LogP contribution in [0.4, 0.5) is 19.0 Å². The third-order valence-electron chi connectivity index (χ3n) is 7.21. The van der Waals surface area contributed by atoms with E-state index in [-0.39, 0.29) is 17.7 Å². The molecular formula is C30H29F3N4O3. The minimum absolute atomic E-state index is 0.0211. The molecule has 2 aromatic carbocycles. The van der Waals surface area contributed by atoms with Gasteiger partial charge in [-0.25, -0.2) is 9.97 Å². The Morgan fingerprint density at radius 3 is 2.08 bits per heavy atom. The average molecular weight is 551 g/mol. The van der Waals surface area contributed by atoms with Crippen molar-refractivity contribution in [3.63, 3.8) is 0 Å². The van der Waals surface area contributed by atoms with Crippen LogP contribution in [0, 0.1) is 0 Å². The zero-order valence-electron chi connectivity index (χ0n) is 22.2. The summed E-state index contributed by atoms with van der Waals surface area (Å²) in [5, 5.41) is 0. The highest BCUT2D eigenvalue weighted by Crippen LogP contribution is 2.40. The summed E-state index contributed by atoms with van der Waals surface area (Å²) < 4.78 is 53.1. The quantitative estimate of drug-likeness (QED) is 0.304. The van der Waals surface area contributed by atoms with E-state index in [1.165, 1.54) is 12.4 Å². The Bertz CT molecular complexity index is 1470. The molecule has 1 aliphatic carbocycles. The number of fused-ring (bicyclic) bond motifs is 1. The van der Waals surface area contributed by atoms with Crippen molar-refractivity contribution in [2.45, 2.75) is 44.4 Å². The van der Waals surface area contributed by atoms with Gasteiger partial charge < -0.3 is 19.4 Å². The van der Waals surface area contributed by atoms with Crippen molar-refractivity contribution in [2.24, 2.45) is 0 Å². The number of methoxy groups -OCH3 is 2. The van der Waals surface area contributed by atoms with Gasteiger partial charge >= 0.3 is 6.18 Å². The van der Waals surface area contributed by atoms with E-state index in [0.29, 0.717) is 54.5 Å². The molecule has 0 bridgehead atoms. The van der Waals surface area contributed by atoms with E-state index in [0.717, 1.165) is 17.2 Å². The molecule has 4 aromatic rings. The fraction of sp³-hybridized carbons (Fsp3) is 0.300. The number of ether oxygens (including phenoxy) is 2. The predicted molar refractivity (Wildman–Crippen MR) is 145 cm³/mol. The summed E-state index contributed by atoms with van der Waals surface area (Å²) in [5.41, 5.74) is 1.93. The number of hydrogen-bond donors (Lipinski definition) is 1. The van der Waals surface area contributed by atoms with Gasteiger partial charge in [-0.05, 0) is 66.8 Å². The van der Waals surface area contributed by atoms with Gasteiger partial charge in [-0.1, -0.05) is 24.3 Å². The highest BCUT2D eigenvalue weighted by molar-refractivity contribution is 5.46. The van der Waals surface area contributed by atoms with Gasteiger partial charge in [0, 0.05) is 24.6 Å². The van der Waals surface area contributed by atoms with Gasteiger partial charge in [-0.15, -0.1) is 0 Å². The second kappa shape index (κ2) is 11.4. The first-order chi connectivity index (χ1) is 19.2. The van der Waals surface area contributed by atoms with Crippen LogP contribution < -0.4 is 19.9 Å². The van der Waals surface area contributed by atoms with Crippen molar-refractivity contribution < 1.29 is 22.6 Å². The van der Waals surface area contributed by atoms with Crippen molar-refractivity contribution >= 4 is 5.82 Å². The van der Waals surface area contributed by atoms with Crippen molar-refractivity contribution in [3.05, 3.63) is 111 Å². The number of H-pyrrole nitrogens is 1. The number of benzene rings is 2. The van der Waals surface area contributed by atoms with Gasteiger partial charge in [0.15, 0.2) is 0 Å². The summed E-state index contributed by atoms with van der Waals surface area (Å²) in [6.07, 6.45) is -2.34. The molecule has 0 amide bonds. The highest BCUT2D eigenvalue weighted by atomic mass is 19.4. The molecule has 40 heavy (non-hydrogen) atoms. The monoisotopic (exact) mass is 550 g/mol. The molecule has 1 aliphatic rings. The summed E-state index contributed by atoms with van der Waals surface area (Å²) in [4.78, 5) is 25.6. The number of aromatic nitrogens is 3. The second-order valence-corrected chi connectivity index (χ2v) is 9.75. The SMILES string of the molecule is COc1ccc(CN(Cc2ccc(OC)cc2)c2ccc(C(F)(F)F)c(C3CCc4c(nc[nH]c4=O)C3)n2)cc1. The molecule has 208 valence electrons. The number of halogens is 3. The maximum atomic E-state index is 14.2. The Morgan fingerprint density at radius 1 is 0.925 bits per heavy atom. The Balaban J connectivity index is 1.53. The number of anilines is 1. The first-order valence-corrected chi connectivity index (χ1v) is 12.9. The molecular weight excluding hydrogens is 521 g/mol. The highest BCUT2D eigenvalue weighted by Gasteiger charge is 2.38. The first-order valence-electron chi connectivity index (χ1n) is 12.9. The normalized spacial score (nSPS) is 14.9. The van der Waals surface area contributed by atoms with E-state index in [9.17, 15) is 18.0 Å². The molecule has 0 saturated carbocycles. The number of alkyl halides is 3. The van der Waals surface area contributed by atoms with Gasteiger partial charge in [0.25, 0.3) is 5.56 Å². The summed E-state index contributed by atoms with van der Waals surface area (Å²) >= 11 is 0. The lowest BCUT2D eigenvalue weighted by Crippen LogP contribution is -2.27. The van der Waals surface area contributed by atoms with Crippen LogP contribution in [-0.4, -0.2) is 29.2 Å². The topological polar surface area (TPSA) is 80.3 Å². The number of hydrogen-bond acceptors (Lipinski definition) is 6. The van der Waals surface area contributed by atoms with Crippen LogP contribution in [0.25, 0.3) is 0 Å². The first kappa shape index (κ1) is 27.2. The van der Waals surface area contributed by atoms with E-state index in [2.05, 4.69) is 15.0 Å². The van der Waals surface area contributed by atoms with Crippen LogP contribution >= 0.6 is 0 Å². The predicted octanol–water partition coefficient (Wildman–Crippen LogP) is 5.68. The minimum atomic E-state index is -4.57. The fourth-order valence-corrected chi connectivity index (χ4v) is 5.10. The fourth-order valence-electron chi connectivity index (χ4n) is 5.10. The molecule has 0 aliphatic heterocycles. The average Bonchev–Trinajstić information content (AvgIpc) is 2.97. The van der Waals surface area contributed by atoms with E-state index in [1.54, 1.807) is 14.2 Å². The van der Waals surface area contributed by atoms with Crippen LogP contribution in [0.1, 0.15) is 46.0 Å². The maximum Gasteiger partial charge on any atom is 0.418 e. The molecule has 1 atom stereocenters. The van der Waals surface area contributed by atoms with Crippen LogP contribution in [-0.2, 0) is 32.1 Å². The van der Waals surface area contributed by atoms with E-state index in [4.69, 9.17) is 9.47 Å². The maximum absolute atomic E-state index is 14.2. The van der Waals surface area contributed by atoms with Gasteiger partial charge in [-0.2, -0.15) is 13.2 Å². The molecule has 7 nitrogen and oxygen atoms in total. The third-order valence-corrected chi connectivity index (χ3v) is 7.21. The van der Waals surface area contributed by atoms with Crippen LogP contribution in [0.15, 0.2) is 71.8 Å². The summed E-state index contributed by atoms with van der Waals surface area (Å²) in [6, 6.07) is 17.6. The number of aromatic amines is 1. The molecule has 2 heterocycles. The summed E-state index contributed by atoms with van der Waals surface area (Å²) in [6.45, 7) is 0.830. The molecule has 0 spiro atoms. The van der Waals surface area contributed by atoms with Crippen LogP contribution in [0.3, 0.4) is 0 Å². The van der Waals surface area contributed by atoms with Crippen molar-refractivity contribution in [1.82, 2.24) is 15.0 Å². The second-order valence-electron chi connectivity index (χ2n) is 9.75. The summed E-state index contributed by atoms with van der Waals surface area (Å²) in [7, 11) is 3.18. The largest absolute Gasteiger partial charge is 0.497 e. The Morgan fingerprint density at radius 2 is 1.52 bits per heavy atom. The number of nitrogens with zero attached hydrogens (tertiary/aromatic N) is 3. The Hall–Kier alpha value is -4.34. The minimum Gasteiger partial charge on any atom is -0.497 e. The molecule has 1 unspecified atom stereocenters. The smallest absolute Gasteiger partial charge is 0.418 e. The molecule has 2 aromatic heterocycles. The molecule has 1 N–H and O–H groups in total. The third kappa shape index (κ3) is 5.95. The van der Waals surface area contributed by atoms with Gasteiger partial charge in [0.05, 0.1) is 37.5 Å². The zero-order valence-corrected chi connectivity index (χ0v) is 22.2. The molecule has 0 radical (unpaired) electrons. The van der Waals surface area contributed by atoms with Crippen molar-refractivity contribution in [3.8, 4) is 11.5 Å². The molecule has 5 rings (SSSR count). The van der Waals surface area contributed by atoms with E-state index >= 15 is 0 Å². The lowest BCUT2D eigenvalue weighted by atomic mass is 9.83. The Kier molecular flexibility index (Phi) is 7.77. The standard InChI is InChI=1S/C30H29F3N4O3/c1-39-22-8-3-19(4-9-22)16-37(17-20-5-10-23(40-2)11-6-20)27-14-13-25(30(31,32)33)28(36-27)21-7-12-24-26(15-21)34-18-35-29(24)38/h3-6,8-11,13-14,18,21H,7,12,15-17H2,1-2H3,(H,34,35,38). The van der Waals surface area contributed by atoms with Crippen molar-refractivity contribution in [1.29, 1.82) is 0 Å². The van der Waals surface area contributed by atoms with E-state index in [1.807, 2.05) is 53.4 Å².